The van der Waals surface area contributed by atoms with Crippen LogP contribution in [0.3, 0.4) is 0 Å². The molecule has 1 saturated heterocycles. The Bertz CT molecular complexity index is 841. The molecule has 5 nitrogen and oxygen atoms in total. The number of amides is 2. The summed E-state index contributed by atoms with van der Waals surface area (Å²) < 4.78 is 0. The van der Waals surface area contributed by atoms with Gasteiger partial charge >= 0.3 is 0 Å². The van der Waals surface area contributed by atoms with Gasteiger partial charge in [0.05, 0.1) is 5.92 Å². The Kier molecular flexibility index (Phi) is 4.47. The maximum atomic E-state index is 13.3. The van der Waals surface area contributed by atoms with Crippen molar-refractivity contribution in [2.45, 2.75) is 24.8 Å². The summed E-state index contributed by atoms with van der Waals surface area (Å²) in [6.45, 7) is 1.98. The molecular weight excluding hydrogens is 326 g/mol. The molecule has 0 aliphatic carbocycles. The first-order valence-corrected chi connectivity index (χ1v) is 9.11. The highest BCUT2D eigenvalue weighted by atomic mass is 16.2. The molecule has 2 amide bonds. The van der Waals surface area contributed by atoms with Crippen molar-refractivity contribution >= 4 is 17.5 Å². The molecule has 4 rings (SSSR count). The number of rotatable bonds is 2. The summed E-state index contributed by atoms with van der Waals surface area (Å²) in [7, 11) is 2.10. The summed E-state index contributed by atoms with van der Waals surface area (Å²) in [5.41, 5.74) is 2.88. The molecule has 2 aliphatic rings. The van der Waals surface area contributed by atoms with Gasteiger partial charge in [-0.2, -0.15) is 0 Å². The van der Waals surface area contributed by atoms with Crippen LogP contribution in [0.2, 0.25) is 0 Å². The summed E-state index contributed by atoms with van der Waals surface area (Å²) in [5, 5.41) is 6.18. The Labute approximate surface area is 153 Å². The van der Waals surface area contributed by atoms with E-state index in [4.69, 9.17) is 0 Å². The van der Waals surface area contributed by atoms with Crippen molar-refractivity contribution in [3.8, 4) is 0 Å². The molecule has 0 radical (unpaired) electrons. The van der Waals surface area contributed by atoms with Crippen molar-refractivity contribution in [2.75, 3.05) is 25.5 Å². The van der Waals surface area contributed by atoms with Gasteiger partial charge in [-0.25, -0.2) is 0 Å². The van der Waals surface area contributed by atoms with Crippen LogP contribution in [0, 0.1) is 0 Å². The molecule has 2 aromatic rings. The predicted octanol–water partition coefficient (Wildman–Crippen LogP) is 2.59. The van der Waals surface area contributed by atoms with Crippen LogP contribution in [0.25, 0.3) is 0 Å². The van der Waals surface area contributed by atoms with Crippen LogP contribution >= 0.6 is 0 Å². The molecule has 0 aromatic heterocycles. The number of nitrogens with zero attached hydrogens (tertiary/aromatic N) is 1. The zero-order valence-corrected chi connectivity index (χ0v) is 14.9. The third kappa shape index (κ3) is 3.10. The minimum atomic E-state index is -0.485. The molecule has 0 bridgehead atoms. The van der Waals surface area contributed by atoms with E-state index in [0.717, 1.165) is 37.1 Å². The van der Waals surface area contributed by atoms with Gasteiger partial charge in [0, 0.05) is 17.3 Å². The lowest BCUT2D eigenvalue weighted by Gasteiger charge is -2.31. The Morgan fingerprint density at radius 1 is 1.04 bits per heavy atom. The zero-order chi connectivity index (χ0) is 18.1. The van der Waals surface area contributed by atoms with Crippen LogP contribution in [-0.4, -0.2) is 42.9 Å². The summed E-state index contributed by atoms with van der Waals surface area (Å²) in [6, 6.07) is 15.1. The van der Waals surface area contributed by atoms with Crippen molar-refractivity contribution in [1.29, 1.82) is 0 Å². The van der Waals surface area contributed by atoms with Gasteiger partial charge < -0.3 is 15.5 Å². The van der Waals surface area contributed by atoms with Crippen LogP contribution in [-0.2, 0) is 4.79 Å². The Hall–Kier alpha value is -2.66. The lowest BCUT2D eigenvalue weighted by Crippen LogP contribution is -2.45. The van der Waals surface area contributed by atoms with E-state index >= 15 is 0 Å². The molecule has 134 valence electrons. The first-order valence-electron chi connectivity index (χ1n) is 9.11. The average molecular weight is 349 g/mol. The number of hydrogen-bond acceptors (Lipinski definition) is 3. The molecule has 1 fully saturated rings. The molecule has 1 unspecified atom stereocenters. The number of fused-ring (bicyclic) bond motifs is 2. The number of likely N-dealkylation sites (tertiary alicyclic amines) is 1. The number of carbonyl (C=O) groups is 2. The Balaban J connectivity index is 1.71. The lowest BCUT2D eigenvalue weighted by atomic mass is 9.87. The lowest BCUT2D eigenvalue weighted by molar-refractivity contribution is -0.122. The monoisotopic (exact) mass is 349 g/mol. The SMILES string of the molecule is CN1CCC(NC(=O)C2c3ccccc3NC(=O)c3ccccc32)CC1. The van der Waals surface area contributed by atoms with E-state index in [9.17, 15) is 9.59 Å². The van der Waals surface area contributed by atoms with Crippen molar-refractivity contribution in [3.63, 3.8) is 0 Å². The fourth-order valence-corrected chi connectivity index (χ4v) is 3.90. The van der Waals surface area contributed by atoms with E-state index in [1.165, 1.54) is 0 Å². The van der Waals surface area contributed by atoms with Gasteiger partial charge in [0.25, 0.3) is 5.91 Å². The van der Waals surface area contributed by atoms with Gasteiger partial charge in [0.15, 0.2) is 0 Å². The molecule has 0 saturated carbocycles. The van der Waals surface area contributed by atoms with Gasteiger partial charge in [-0.05, 0) is 56.2 Å². The third-order valence-electron chi connectivity index (χ3n) is 5.36. The van der Waals surface area contributed by atoms with Crippen molar-refractivity contribution in [3.05, 3.63) is 65.2 Å². The predicted molar refractivity (Wildman–Crippen MR) is 101 cm³/mol. The summed E-state index contributed by atoms with van der Waals surface area (Å²) in [6.07, 6.45) is 1.91. The largest absolute Gasteiger partial charge is 0.352 e. The second kappa shape index (κ2) is 6.92. The molecule has 2 aliphatic heterocycles. The maximum absolute atomic E-state index is 13.3. The summed E-state index contributed by atoms with van der Waals surface area (Å²) >= 11 is 0. The average Bonchev–Trinajstić information content (AvgIpc) is 2.77. The number of hydrogen-bond donors (Lipinski definition) is 2. The number of nitrogens with one attached hydrogen (secondary N) is 2. The van der Waals surface area contributed by atoms with Crippen molar-refractivity contribution in [2.24, 2.45) is 0 Å². The third-order valence-corrected chi connectivity index (χ3v) is 5.36. The number of para-hydroxylation sites is 1. The number of benzene rings is 2. The normalized spacial score (nSPS) is 20.5. The standard InChI is InChI=1S/C21H23N3O2/c1-24-12-10-14(11-13-24)22-21(26)19-15-6-2-3-7-16(15)20(25)23-18-9-5-4-8-17(18)19/h2-9,14,19H,10-13H2,1H3,(H,22,26)(H,23,25). The summed E-state index contributed by atoms with van der Waals surface area (Å²) in [5.74, 6) is -0.681. The number of anilines is 1. The van der Waals surface area contributed by atoms with Crippen molar-refractivity contribution < 1.29 is 9.59 Å². The fraction of sp³-hybridized carbons (Fsp3) is 0.333. The molecule has 26 heavy (non-hydrogen) atoms. The Morgan fingerprint density at radius 3 is 2.46 bits per heavy atom. The quantitative estimate of drug-likeness (QED) is 0.876. The number of piperidine rings is 1. The zero-order valence-electron chi connectivity index (χ0n) is 14.9. The highest BCUT2D eigenvalue weighted by molar-refractivity contribution is 6.09. The van der Waals surface area contributed by atoms with Gasteiger partial charge in [-0.3, -0.25) is 9.59 Å². The highest BCUT2D eigenvalue weighted by Crippen LogP contribution is 2.36. The fourth-order valence-electron chi connectivity index (χ4n) is 3.90. The number of carbonyl (C=O) groups excluding carboxylic acids is 2. The van der Waals surface area contributed by atoms with Crippen molar-refractivity contribution in [1.82, 2.24) is 10.2 Å². The Morgan fingerprint density at radius 2 is 1.69 bits per heavy atom. The van der Waals surface area contributed by atoms with E-state index in [0.29, 0.717) is 11.3 Å². The van der Waals surface area contributed by atoms with Crippen LogP contribution < -0.4 is 10.6 Å². The molecule has 2 heterocycles. The highest BCUT2D eigenvalue weighted by Gasteiger charge is 2.33. The summed E-state index contributed by atoms with van der Waals surface area (Å²) in [4.78, 5) is 28.2. The molecular formula is C21H23N3O2. The van der Waals surface area contributed by atoms with Crippen LogP contribution in [0.4, 0.5) is 5.69 Å². The first kappa shape index (κ1) is 16.8. The second-order valence-corrected chi connectivity index (χ2v) is 7.15. The second-order valence-electron chi connectivity index (χ2n) is 7.15. The van der Waals surface area contributed by atoms with E-state index < -0.39 is 5.92 Å². The molecule has 2 aromatic carbocycles. The smallest absolute Gasteiger partial charge is 0.255 e. The van der Waals surface area contributed by atoms with Crippen LogP contribution in [0.15, 0.2) is 48.5 Å². The topological polar surface area (TPSA) is 61.4 Å². The minimum Gasteiger partial charge on any atom is -0.352 e. The van der Waals surface area contributed by atoms with E-state index in [1.54, 1.807) is 6.07 Å². The molecule has 2 N–H and O–H groups in total. The molecule has 1 atom stereocenters. The van der Waals surface area contributed by atoms with E-state index in [1.807, 2.05) is 42.5 Å². The maximum Gasteiger partial charge on any atom is 0.255 e. The molecule has 0 spiro atoms. The van der Waals surface area contributed by atoms with E-state index in [2.05, 4.69) is 22.6 Å². The van der Waals surface area contributed by atoms with Gasteiger partial charge in [-0.1, -0.05) is 36.4 Å². The minimum absolute atomic E-state index is 0.0315. The van der Waals surface area contributed by atoms with Gasteiger partial charge in [0.1, 0.15) is 0 Å². The van der Waals surface area contributed by atoms with Gasteiger partial charge in [-0.15, -0.1) is 0 Å². The van der Waals surface area contributed by atoms with Crippen LogP contribution in [0.5, 0.6) is 0 Å². The van der Waals surface area contributed by atoms with Gasteiger partial charge in [0.2, 0.25) is 5.91 Å². The molecule has 5 heteroatoms. The van der Waals surface area contributed by atoms with Crippen LogP contribution in [0.1, 0.15) is 40.2 Å². The first-order chi connectivity index (χ1) is 12.6. The van der Waals surface area contributed by atoms with E-state index in [-0.39, 0.29) is 17.9 Å².